The van der Waals surface area contributed by atoms with Crippen LogP contribution in [-0.2, 0) is 9.53 Å². The van der Waals surface area contributed by atoms with Crippen LogP contribution >= 0.6 is 0 Å². The Morgan fingerprint density at radius 3 is 2.82 bits per heavy atom. The lowest BCUT2D eigenvalue weighted by Crippen LogP contribution is -2.06. The maximum atomic E-state index is 11.8. The van der Waals surface area contributed by atoms with Gasteiger partial charge in [0.05, 0.1) is 20.6 Å². The summed E-state index contributed by atoms with van der Waals surface area (Å²) in [5.74, 6) is 0.406. The summed E-state index contributed by atoms with van der Waals surface area (Å²) in [5.41, 5.74) is 1.58. The van der Waals surface area contributed by atoms with Gasteiger partial charge >= 0.3 is 5.97 Å². The molecule has 1 atom stereocenters. The number of ketones is 1. The van der Waals surface area contributed by atoms with Crippen molar-refractivity contribution >= 4 is 11.8 Å². The van der Waals surface area contributed by atoms with Crippen LogP contribution in [0.15, 0.2) is 18.2 Å². The molecule has 0 saturated carbocycles. The van der Waals surface area contributed by atoms with Crippen molar-refractivity contribution in [2.45, 2.75) is 18.8 Å². The van der Waals surface area contributed by atoms with E-state index in [1.807, 2.05) is 6.07 Å². The molecule has 0 bridgehead atoms. The van der Waals surface area contributed by atoms with Gasteiger partial charge in [-0.1, -0.05) is 0 Å². The zero-order chi connectivity index (χ0) is 12.4. The van der Waals surface area contributed by atoms with Gasteiger partial charge in [0.1, 0.15) is 5.75 Å². The molecule has 0 fully saturated rings. The van der Waals surface area contributed by atoms with E-state index in [2.05, 4.69) is 4.74 Å². The second-order valence-corrected chi connectivity index (χ2v) is 4.06. The van der Waals surface area contributed by atoms with E-state index in [4.69, 9.17) is 4.74 Å². The first-order valence-electron chi connectivity index (χ1n) is 5.43. The van der Waals surface area contributed by atoms with Gasteiger partial charge in [-0.15, -0.1) is 0 Å². The standard InChI is InChI=1S/C13H14O4/c1-16-9-3-4-10-11(7-9)8(5-12(10)14)6-13(15)17-2/h3-4,7-8H,5-6H2,1-2H3/t8-/m0/s1. The Bertz CT molecular complexity index is 464. The van der Waals surface area contributed by atoms with E-state index in [1.54, 1.807) is 19.2 Å². The summed E-state index contributed by atoms with van der Waals surface area (Å²) in [6, 6.07) is 5.35. The summed E-state index contributed by atoms with van der Waals surface area (Å²) in [6.07, 6.45) is 0.611. The van der Waals surface area contributed by atoms with Gasteiger partial charge in [0, 0.05) is 17.9 Å². The predicted octanol–water partition coefficient (Wildman–Crippen LogP) is 1.93. The second kappa shape index (κ2) is 4.57. The average Bonchev–Trinajstić information content (AvgIpc) is 2.65. The van der Waals surface area contributed by atoms with Crippen molar-refractivity contribution in [2.24, 2.45) is 0 Å². The largest absolute Gasteiger partial charge is 0.497 e. The molecule has 0 aliphatic heterocycles. The summed E-state index contributed by atoms with van der Waals surface area (Å²) in [4.78, 5) is 23.0. The van der Waals surface area contributed by atoms with Gasteiger partial charge in [0.25, 0.3) is 0 Å². The Kier molecular flexibility index (Phi) is 3.13. The summed E-state index contributed by atoms with van der Waals surface area (Å²) in [6.45, 7) is 0. The van der Waals surface area contributed by atoms with Crippen molar-refractivity contribution < 1.29 is 19.1 Å². The van der Waals surface area contributed by atoms with Crippen molar-refractivity contribution in [1.29, 1.82) is 0 Å². The van der Waals surface area contributed by atoms with E-state index in [9.17, 15) is 9.59 Å². The molecule has 0 radical (unpaired) electrons. The number of esters is 1. The molecule has 0 amide bonds. The van der Waals surface area contributed by atoms with Gasteiger partial charge in [-0.25, -0.2) is 0 Å². The van der Waals surface area contributed by atoms with Crippen molar-refractivity contribution in [2.75, 3.05) is 14.2 Å². The number of carbonyl (C=O) groups is 2. The Labute approximate surface area is 99.5 Å². The van der Waals surface area contributed by atoms with Gasteiger partial charge in [-0.05, 0) is 23.8 Å². The molecule has 2 rings (SSSR count). The molecule has 0 heterocycles. The molecule has 90 valence electrons. The summed E-state index contributed by atoms with van der Waals surface area (Å²) in [7, 11) is 2.93. The maximum absolute atomic E-state index is 11.8. The lowest BCUT2D eigenvalue weighted by atomic mass is 9.98. The molecule has 0 aromatic heterocycles. The smallest absolute Gasteiger partial charge is 0.306 e. The van der Waals surface area contributed by atoms with Gasteiger partial charge < -0.3 is 9.47 Å². The second-order valence-electron chi connectivity index (χ2n) is 4.06. The van der Waals surface area contributed by atoms with Crippen molar-refractivity contribution in [3.63, 3.8) is 0 Å². The van der Waals surface area contributed by atoms with Gasteiger partial charge in [-0.3, -0.25) is 9.59 Å². The molecule has 0 unspecified atom stereocenters. The van der Waals surface area contributed by atoms with Crippen LogP contribution in [0.2, 0.25) is 0 Å². The topological polar surface area (TPSA) is 52.6 Å². The molecule has 1 aliphatic carbocycles. The number of methoxy groups -OCH3 is 2. The minimum absolute atomic E-state index is 0.0801. The van der Waals surface area contributed by atoms with Crippen molar-refractivity contribution in [3.8, 4) is 5.75 Å². The Morgan fingerprint density at radius 1 is 1.41 bits per heavy atom. The Balaban J connectivity index is 2.31. The third-order valence-electron chi connectivity index (χ3n) is 3.07. The molecule has 0 N–H and O–H groups in total. The quantitative estimate of drug-likeness (QED) is 0.750. The average molecular weight is 234 g/mol. The zero-order valence-corrected chi connectivity index (χ0v) is 9.86. The molecule has 0 spiro atoms. The number of benzene rings is 1. The minimum atomic E-state index is -0.293. The predicted molar refractivity (Wildman–Crippen MR) is 61.3 cm³/mol. The Hall–Kier alpha value is -1.84. The molecule has 1 aromatic rings. The lowest BCUT2D eigenvalue weighted by Gasteiger charge is -2.10. The summed E-state index contributed by atoms with van der Waals surface area (Å²) in [5, 5.41) is 0. The van der Waals surface area contributed by atoms with Crippen LogP contribution in [0.3, 0.4) is 0 Å². The molecule has 0 saturated heterocycles. The van der Waals surface area contributed by atoms with Crippen molar-refractivity contribution in [1.82, 2.24) is 0 Å². The third kappa shape index (κ3) is 2.16. The lowest BCUT2D eigenvalue weighted by molar-refractivity contribution is -0.141. The van der Waals surface area contributed by atoms with Crippen LogP contribution in [-0.4, -0.2) is 26.0 Å². The fraction of sp³-hybridized carbons (Fsp3) is 0.385. The van der Waals surface area contributed by atoms with Crippen LogP contribution in [0.5, 0.6) is 5.75 Å². The van der Waals surface area contributed by atoms with Crippen molar-refractivity contribution in [3.05, 3.63) is 29.3 Å². The number of ether oxygens (including phenoxy) is 2. The normalized spacial score (nSPS) is 17.8. The van der Waals surface area contributed by atoms with Crippen LogP contribution in [0, 0.1) is 0 Å². The molecular formula is C13H14O4. The fourth-order valence-corrected chi connectivity index (χ4v) is 2.17. The van der Waals surface area contributed by atoms with E-state index >= 15 is 0 Å². The van der Waals surface area contributed by atoms with E-state index in [1.165, 1.54) is 7.11 Å². The van der Waals surface area contributed by atoms with Crippen LogP contribution in [0.4, 0.5) is 0 Å². The molecule has 17 heavy (non-hydrogen) atoms. The molecule has 4 nitrogen and oxygen atoms in total. The molecular weight excluding hydrogens is 220 g/mol. The first-order valence-corrected chi connectivity index (χ1v) is 5.43. The molecule has 1 aromatic carbocycles. The highest BCUT2D eigenvalue weighted by molar-refractivity contribution is 6.02. The number of hydrogen-bond acceptors (Lipinski definition) is 4. The summed E-state index contributed by atoms with van der Waals surface area (Å²) >= 11 is 0. The molecule has 1 aliphatic rings. The number of fused-ring (bicyclic) bond motifs is 1. The number of carbonyl (C=O) groups excluding carboxylic acids is 2. The zero-order valence-electron chi connectivity index (χ0n) is 9.86. The van der Waals surface area contributed by atoms with Gasteiger partial charge in [0.2, 0.25) is 0 Å². The van der Waals surface area contributed by atoms with E-state index in [0.717, 1.165) is 5.56 Å². The van der Waals surface area contributed by atoms with E-state index in [-0.39, 0.29) is 24.1 Å². The van der Waals surface area contributed by atoms with E-state index in [0.29, 0.717) is 17.7 Å². The number of Topliss-reactive ketones (excluding diaryl/α,β-unsaturated/α-hetero) is 1. The maximum Gasteiger partial charge on any atom is 0.306 e. The van der Waals surface area contributed by atoms with E-state index < -0.39 is 0 Å². The van der Waals surface area contributed by atoms with Gasteiger partial charge in [-0.2, -0.15) is 0 Å². The highest BCUT2D eigenvalue weighted by atomic mass is 16.5. The first-order chi connectivity index (χ1) is 8.15. The first kappa shape index (κ1) is 11.6. The molecule has 4 heteroatoms. The number of rotatable bonds is 3. The minimum Gasteiger partial charge on any atom is -0.497 e. The fourth-order valence-electron chi connectivity index (χ4n) is 2.17. The van der Waals surface area contributed by atoms with Crippen LogP contribution in [0.25, 0.3) is 0 Å². The summed E-state index contributed by atoms with van der Waals surface area (Å²) < 4.78 is 9.76. The number of hydrogen-bond donors (Lipinski definition) is 0. The highest BCUT2D eigenvalue weighted by Crippen LogP contribution is 2.37. The highest BCUT2D eigenvalue weighted by Gasteiger charge is 2.31. The van der Waals surface area contributed by atoms with Crippen LogP contribution < -0.4 is 4.74 Å². The monoisotopic (exact) mass is 234 g/mol. The third-order valence-corrected chi connectivity index (χ3v) is 3.07. The Morgan fingerprint density at radius 2 is 2.18 bits per heavy atom. The van der Waals surface area contributed by atoms with Crippen LogP contribution in [0.1, 0.15) is 34.7 Å². The van der Waals surface area contributed by atoms with Gasteiger partial charge in [0.15, 0.2) is 5.78 Å². The SMILES string of the molecule is COC(=O)C[C@@H]1CC(=O)c2ccc(OC)cc21.